The topological polar surface area (TPSA) is 27.7 Å². The third-order valence-electron chi connectivity index (χ3n) is 3.52. The Balaban J connectivity index is 2.02. The fourth-order valence-electron chi connectivity index (χ4n) is 2.73. The van der Waals surface area contributed by atoms with Crippen LogP contribution in [-0.4, -0.2) is 24.3 Å². The smallest absolute Gasteiger partial charge is 0.187 e. The average Bonchev–Trinajstić information content (AvgIpc) is 2.62. The zero-order valence-electron chi connectivity index (χ0n) is 10.6. The molecule has 2 heterocycles. The van der Waals surface area contributed by atoms with Gasteiger partial charge in [-0.15, -0.1) is 6.58 Å². The molecule has 0 saturated carbocycles. The van der Waals surface area contributed by atoms with Crippen molar-refractivity contribution in [2.75, 3.05) is 0 Å². The van der Waals surface area contributed by atoms with Crippen molar-refractivity contribution in [1.82, 2.24) is 0 Å². The summed E-state index contributed by atoms with van der Waals surface area (Å²) < 4.78 is 17.6. The summed E-state index contributed by atoms with van der Waals surface area (Å²) >= 11 is 0. The highest BCUT2D eigenvalue weighted by Gasteiger charge is 2.53. The van der Waals surface area contributed by atoms with Crippen molar-refractivity contribution < 1.29 is 14.2 Å². The highest BCUT2D eigenvalue weighted by atomic mass is 16.8. The van der Waals surface area contributed by atoms with Crippen molar-refractivity contribution in [3.05, 3.63) is 12.7 Å². The Bertz CT molecular complexity index is 274. The number of allylic oxidation sites excluding steroid dienone is 1. The Morgan fingerprint density at radius 1 is 1.38 bits per heavy atom. The predicted octanol–water partition coefficient (Wildman–Crippen LogP) is 2.71. The molecule has 0 aromatic heterocycles. The average molecular weight is 226 g/mol. The summed E-state index contributed by atoms with van der Waals surface area (Å²) in [6.07, 6.45) is 3.01. The van der Waals surface area contributed by atoms with Crippen molar-refractivity contribution in [3.8, 4) is 0 Å². The molecule has 0 amide bonds. The van der Waals surface area contributed by atoms with Gasteiger partial charge < -0.3 is 14.2 Å². The molecule has 0 N–H and O–H groups in total. The molecular formula is C13H22O3. The van der Waals surface area contributed by atoms with E-state index in [4.69, 9.17) is 14.2 Å². The van der Waals surface area contributed by atoms with Crippen molar-refractivity contribution in [2.45, 2.75) is 58.4 Å². The van der Waals surface area contributed by atoms with Crippen molar-refractivity contribution in [1.29, 1.82) is 0 Å². The molecule has 92 valence electrons. The second-order valence-corrected chi connectivity index (χ2v) is 5.43. The summed E-state index contributed by atoms with van der Waals surface area (Å²) in [4.78, 5) is 0. The summed E-state index contributed by atoms with van der Waals surface area (Å²) in [5.74, 6) is 0.339. The molecule has 0 radical (unpaired) electrons. The third-order valence-corrected chi connectivity index (χ3v) is 3.52. The Kier molecular flexibility index (Phi) is 3.12. The molecule has 2 rings (SSSR count). The fourth-order valence-corrected chi connectivity index (χ4v) is 2.73. The Morgan fingerprint density at radius 2 is 2.06 bits per heavy atom. The second kappa shape index (κ2) is 4.13. The largest absolute Gasteiger partial charge is 0.346 e. The molecule has 0 unspecified atom stereocenters. The van der Waals surface area contributed by atoms with Gasteiger partial charge in [-0.25, -0.2) is 0 Å². The maximum atomic E-state index is 5.95. The van der Waals surface area contributed by atoms with Gasteiger partial charge in [0.1, 0.15) is 6.10 Å². The van der Waals surface area contributed by atoms with Gasteiger partial charge in [-0.3, -0.25) is 0 Å². The highest BCUT2D eigenvalue weighted by molar-refractivity contribution is 4.93. The second-order valence-electron chi connectivity index (χ2n) is 5.43. The van der Waals surface area contributed by atoms with Crippen LogP contribution in [-0.2, 0) is 14.2 Å². The van der Waals surface area contributed by atoms with Crippen molar-refractivity contribution >= 4 is 0 Å². The maximum Gasteiger partial charge on any atom is 0.187 e. The van der Waals surface area contributed by atoms with Gasteiger partial charge in [-0.05, 0) is 26.2 Å². The van der Waals surface area contributed by atoms with Gasteiger partial charge in [0.05, 0.1) is 6.10 Å². The van der Waals surface area contributed by atoms with E-state index in [0.29, 0.717) is 11.8 Å². The van der Waals surface area contributed by atoms with Crippen LogP contribution in [0.2, 0.25) is 0 Å². The van der Waals surface area contributed by atoms with Crippen LogP contribution in [0.1, 0.15) is 34.1 Å². The van der Waals surface area contributed by atoms with Crippen LogP contribution < -0.4 is 0 Å². The Morgan fingerprint density at radius 3 is 2.62 bits per heavy atom. The van der Waals surface area contributed by atoms with E-state index in [9.17, 15) is 0 Å². The van der Waals surface area contributed by atoms with E-state index in [1.165, 1.54) is 0 Å². The molecule has 2 fully saturated rings. The lowest BCUT2D eigenvalue weighted by Gasteiger charge is -2.26. The normalized spacial score (nSPS) is 43.0. The minimum absolute atomic E-state index is 0.0762. The molecular weight excluding hydrogens is 204 g/mol. The van der Waals surface area contributed by atoms with Gasteiger partial charge in [0, 0.05) is 5.92 Å². The van der Waals surface area contributed by atoms with Crippen LogP contribution in [0.5, 0.6) is 0 Å². The molecule has 3 nitrogen and oxygen atoms in total. The first-order chi connectivity index (χ1) is 7.44. The molecule has 2 aliphatic rings. The summed E-state index contributed by atoms with van der Waals surface area (Å²) in [6.45, 7) is 12.0. The maximum absolute atomic E-state index is 5.95. The lowest BCUT2D eigenvalue weighted by molar-refractivity contribution is -0.214. The first-order valence-corrected chi connectivity index (χ1v) is 6.06. The van der Waals surface area contributed by atoms with E-state index in [0.717, 1.165) is 6.42 Å². The van der Waals surface area contributed by atoms with Gasteiger partial charge in [-0.2, -0.15) is 0 Å². The zero-order chi connectivity index (χ0) is 11.9. The summed E-state index contributed by atoms with van der Waals surface area (Å²) in [5, 5.41) is 0. The monoisotopic (exact) mass is 226 g/mol. The minimum Gasteiger partial charge on any atom is -0.346 e. The number of hydrogen-bond acceptors (Lipinski definition) is 3. The standard InChI is InChI=1S/C13H22O3/c1-6-7-8(2)10-9(3)11-12(14-10)16-13(4,5)15-11/h6,8-12H,1,7H2,2-5H3/t8-,9-,10-,11-,12-/m1/s1. The van der Waals surface area contributed by atoms with Crippen molar-refractivity contribution in [2.24, 2.45) is 11.8 Å². The molecule has 16 heavy (non-hydrogen) atoms. The van der Waals surface area contributed by atoms with Crippen LogP contribution in [0.25, 0.3) is 0 Å². The molecule has 0 spiro atoms. The molecule has 2 aliphatic heterocycles. The summed E-state index contributed by atoms with van der Waals surface area (Å²) in [6, 6.07) is 0. The lowest BCUT2D eigenvalue weighted by Crippen LogP contribution is -2.31. The van der Waals surface area contributed by atoms with Crippen LogP contribution in [0.4, 0.5) is 0 Å². The third kappa shape index (κ3) is 2.04. The lowest BCUT2D eigenvalue weighted by atomic mass is 9.90. The molecule has 0 aliphatic carbocycles. The molecule has 3 heteroatoms. The van der Waals surface area contributed by atoms with E-state index in [1.807, 2.05) is 19.9 Å². The molecule has 0 bridgehead atoms. The summed E-state index contributed by atoms with van der Waals surface area (Å²) in [7, 11) is 0. The first kappa shape index (κ1) is 12.1. The van der Waals surface area contributed by atoms with Crippen LogP contribution in [0.3, 0.4) is 0 Å². The highest BCUT2D eigenvalue weighted by Crippen LogP contribution is 2.42. The van der Waals surface area contributed by atoms with Crippen LogP contribution in [0.15, 0.2) is 12.7 Å². The number of fused-ring (bicyclic) bond motifs is 1. The van der Waals surface area contributed by atoms with Gasteiger partial charge in [0.25, 0.3) is 0 Å². The quantitative estimate of drug-likeness (QED) is 0.692. The predicted molar refractivity (Wildman–Crippen MR) is 61.8 cm³/mol. The molecule has 5 atom stereocenters. The SMILES string of the molecule is C=CC[C@@H](C)[C@H]1O[C@@H]2OC(C)(C)O[C@@H]2[C@@H]1C. The van der Waals surface area contributed by atoms with E-state index < -0.39 is 5.79 Å². The molecule has 2 saturated heterocycles. The number of hydrogen-bond donors (Lipinski definition) is 0. The summed E-state index contributed by atoms with van der Waals surface area (Å²) in [5.41, 5.74) is 0. The van der Waals surface area contributed by atoms with Gasteiger partial charge in [0.15, 0.2) is 12.1 Å². The van der Waals surface area contributed by atoms with E-state index >= 15 is 0 Å². The van der Waals surface area contributed by atoms with E-state index in [1.54, 1.807) is 0 Å². The van der Waals surface area contributed by atoms with Gasteiger partial charge in [-0.1, -0.05) is 19.9 Å². The Labute approximate surface area is 97.8 Å². The van der Waals surface area contributed by atoms with Crippen LogP contribution in [0, 0.1) is 11.8 Å². The Hall–Kier alpha value is -0.380. The fraction of sp³-hybridized carbons (Fsp3) is 0.846. The van der Waals surface area contributed by atoms with Crippen molar-refractivity contribution in [3.63, 3.8) is 0 Å². The van der Waals surface area contributed by atoms with E-state index in [2.05, 4.69) is 20.4 Å². The van der Waals surface area contributed by atoms with E-state index in [-0.39, 0.29) is 18.5 Å². The number of ether oxygens (including phenoxy) is 3. The van der Waals surface area contributed by atoms with Crippen LogP contribution >= 0.6 is 0 Å². The van der Waals surface area contributed by atoms with Gasteiger partial charge >= 0.3 is 0 Å². The minimum atomic E-state index is -0.504. The first-order valence-electron chi connectivity index (χ1n) is 6.06. The molecule has 0 aromatic rings. The molecule has 0 aromatic carbocycles. The number of rotatable bonds is 3. The van der Waals surface area contributed by atoms with Gasteiger partial charge in [0.2, 0.25) is 0 Å². The zero-order valence-corrected chi connectivity index (χ0v) is 10.6.